The van der Waals surface area contributed by atoms with E-state index in [0.717, 1.165) is 0 Å². The van der Waals surface area contributed by atoms with Crippen LogP contribution in [0.15, 0.2) is 18.3 Å². The molecule has 1 atom stereocenters. The zero-order chi connectivity index (χ0) is 13.7. The fourth-order valence-corrected chi connectivity index (χ4v) is 1.22. The highest BCUT2D eigenvalue weighted by Gasteiger charge is 2.24. The van der Waals surface area contributed by atoms with E-state index in [4.69, 9.17) is 15.9 Å². The number of pyridine rings is 1. The molecule has 5 N–H and O–H groups in total. The molecule has 1 rings (SSSR count). The van der Waals surface area contributed by atoms with Gasteiger partial charge in [0.1, 0.15) is 11.9 Å². The number of nitrogens with two attached hydrogens (primary N) is 1. The van der Waals surface area contributed by atoms with Crippen molar-refractivity contribution in [2.75, 3.05) is 5.73 Å². The number of rotatable bonds is 5. The Morgan fingerprint density at radius 1 is 1.39 bits per heavy atom. The van der Waals surface area contributed by atoms with Crippen molar-refractivity contribution >= 4 is 23.7 Å². The summed E-state index contributed by atoms with van der Waals surface area (Å²) in [6.45, 7) is 0. The molecule has 0 aliphatic heterocycles. The van der Waals surface area contributed by atoms with E-state index in [9.17, 15) is 14.4 Å². The zero-order valence-electron chi connectivity index (χ0n) is 9.16. The van der Waals surface area contributed by atoms with Crippen LogP contribution in [-0.2, 0) is 9.59 Å². The molecule has 1 aromatic rings. The predicted molar refractivity (Wildman–Crippen MR) is 59.8 cm³/mol. The molecule has 1 amide bonds. The highest BCUT2D eigenvalue weighted by molar-refractivity contribution is 6.00. The Morgan fingerprint density at radius 2 is 2.06 bits per heavy atom. The van der Waals surface area contributed by atoms with E-state index in [1.807, 2.05) is 0 Å². The highest BCUT2D eigenvalue weighted by atomic mass is 16.4. The molecule has 1 unspecified atom stereocenters. The number of aromatic nitrogens is 1. The van der Waals surface area contributed by atoms with Crippen LogP contribution in [0, 0.1) is 0 Å². The number of nitrogen functional groups attached to an aromatic ring is 1. The van der Waals surface area contributed by atoms with Crippen molar-refractivity contribution in [1.29, 1.82) is 0 Å². The lowest BCUT2D eigenvalue weighted by Gasteiger charge is -2.12. The van der Waals surface area contributed by atoms with Gasteiger partial charge in [0.2, 0.25) is 0 Å². The van der Waals surface area contributed by atoms with Crippen LogP contribution < -0.4 is 11.1 Å². The van der Waals surface area contributed by atoms with Crippen molar-refractivity contribution in [2.45, 2.75) is 12.5 Å². The van der Waals surface area contributed by atoms with Crippen LogP contribution in [-0.4, -0.2) is 39.1 Å². The van der Waals surface area contributed by atoms with Gasteiger partial charge < -0.3 is 21.3 Å². The second-order valence-electron chi connectivity index (χ2n) is 3.40. The van der Waals surface area contributed by atoms with E-state index in [0.29, 0.717) is 0 Å². The smallest absolute Gasteiger partial charge is 0.326 e. The van der Waals surface area contributed by atoms with Gasteiger partial charge in [0.15, 0.2) is 0 Å². The minimum Gasteiger partial charge on any atom is -0.481 e. The standard InChI is InChI=1S/C10H11N3O5/c11-8-5(2-1-3-12-8)9(16)13-6(10(17)18)4-7(14)15/h1-3,6H,4H2,(H2,11,12)(H,13,16)(H,14,15)(H,17,18). The maximum atomic E-state index is 11.7. The molecular weight excluding hydrogens is 242 g/mol. The van der Waals surface area contributed by atoms with Crippen molar-refractivity contribution in [3.8, 4) is 0 Å². The van der Waals surface area contributed by atoms with Gasteiger partial charge in [-0.15, -0.1) is 0 Å². The molecule has 0 spiro atoms. The predicted octanol–water partition coefficient (Wildman–Crippen LogP) is -0.679. The van der Waals surface area contributed by atoms with E-state index >= 15 is 0 Å². The average Bonchev–Trinajstić information content (AvgIpc) is 2.27. The molecular formula is C10H11N3O5. The Kier molecular flexibility index (Phi) is 4.19. The molecule has 0 aromatic carbocycles. The number of hydrogen-bond acceptors (Lipinski definition) is 5. The number of aliphatic carboxylic acids is 2. The third-order valence-electron chi connectivity index (χ3n) is 2.07. The Bertz CT molecular complexity index is 488. The molecule has 0 saturated carbocycles. The fraction of sp³-hybridized carbons (Fsp3) is 0.200. The van der Waals surface area contributed by atoms with E-state index in [1.54, 1.807) is 0 Å². The summed E-state index contributed by atoms with van der Waals surface area (Å²) in [5, 5.41) is 19.3. The summed E-state index contributed by atoms with van der Waals surface area (Å²) in [5.74, 6) is -3.61. The Morgan fingerprint density at radius 3 is 2.56 bits per heavy atom. The summed E-state index contributed by atoms with van der Waals surface area (Å²) in [5.41, 5.74) is 5.43. The van der Waals surface area contributed by atoms with Crippen molar-refractivity contribution in [1.82, 2.24) is 10.3 Å². The zero-order valence-corrected chi connectivity index (χ0v) is 9.16. The number of carbonyl (C=O) groups is 3. The summed E-state index contributed by atoms with van der Waals surface area (Å²) in [7, 11) is 0. The Labute approximate surface area is 101 Å². The topological polar surface area (TPSA) is 143 Å². The highest BCUT2D eigenvalue weighted by Crippen LogP contribution is 2.07. The molecule has 0 saturated heterocycles. The van der Waals surface area contributed by atoms with Gasteiger partial charge in [-0.2, -0.15) is 0 Å². The van der Waals surface area contributed by atoms with Crippen molar-refractivity contribution in [2.24, 2.45) is 0 Å². The third-order valence-corrected chi connectivity index (χ3v) is 2.07. The quantitative estimate of drug-likeness (QED) is 0.544. The van der Waals surface area contributed by atoms with Crippen molar-refractivity contribution < 1.29 is 24.6 Å². The second kappa shape index (κ2) is 5.62. The van der Waals surface area contributed by atoms with Gasteiger partial charge in [-0.1, -0.05) is 0 Å². The molecule has 0 fully saturated rings. The van der Waals surface area contributed by atoms with E-state index in [-0.39, 0.29) is 11.4 Å². The summed E-state index contributed by atoms with van der Waals surface area (Å²) in [6.07, 6.45) is 0.652. The van der Waals surface area contributed by atoms with Crippen LogP contribution in [0.2, 0.25) is 0 Å². The Balaban J connectivity index is 2.82. The SMILES string of the molecule is Nc1ncccc1C(=O)NC(CC(=O)O)C(=O)O. The maximum absolute atomic E-state index is 11.7. The average molecular weight is 253 g/mol. The molecule has 0 bridgehead atoms. The van der Waals surface area contributed by atoms with Crippen LogP contribution >= 0.6 is 0 Å². The third kappa shape index (κ3) is 3.44. The molecule has 0 radical (unpaired) electrons. The number of amides is 1. The number of anilines is 1. The molecule has 18 heavy (non-hydrogen) atoms. The van der Waals surface area contributed by atoms with Gasteiger partial charge in [-0.3, -0.25) is 9.59 Å². The normalized spacial score (nSPS) is 11.6. The van der Waals surface area contributed by atoms with Crippen molar-refractivity contribution in [3.63, 3.8) is 0 Å². The number of nitrogens with zero attached hydrogens (tertiary/aromatic N) is 1. The molecule has 0 aliphatic rings. The van der Waals surface area contributed by atoms with Crippen LogP contribution in [0.5, 0.6) is 0 Å². The summed E-state index contributed by atoms with van der Waals surface area (Å²) >= 11 is 0. The number of carboxylic acid groups (broad SMARTS) is 2. The minimum atomic E-state index is -1.52. The van der Waals surface area contributed by atoms with E-state index in [1.165, 1.54) is 18.3 Å². The van der Waals surface area contributed by atoms with Gasteiger partial charge in [-0.05, 0) is 12.1 Å². The number of carbonyl (C=O) groups excluding carboxylic acids is 1. The first-order chi connectivity index (χ1) is 8.41. The minimum absolute atomic E-state index is 0.00543. The van der Waals surface area contributed by atoms with Gasteiger partial charge >= 0.3 is 11.9 Å². The summed E-state index contributed by atoms with van der Waals surface area (Å²) in [6, 6.07) is 1.30. The van der Waals surface area contributed by atoms with Gasteiger partial charge in [-0.25, -0.2) is 9.78 Å². The van der Waals surface area contributed by atoms with Crippen molar-refractivity contribution in [3.05, 3.63) is 23.9 Å². The van der Waals surface area contributed by atoms with Crippen LogP contribution in [0.4, 0.5) is 5.82 Å². The molecule has 0 aliphatic carbocycles. The van der Waals surface area contributed by atoms with Gasteiger partial charge in [0.05, 0.1) is 12.0 Å². The summed E-state index contributed by atoms with van der Waals surface area (Å²) < 4.78 is 0. The lowest BCUT2D eigenvalue weighted by molar-refractivity contribution is -0.145. The van der Waals surface area contributed by atoms with Crippen LogP contribution in [0.25, 0.3) is 0 Å². The molecule has 96 valence electrons. The largest absolute Gasteiger partial charge is 0.481 e. The van der Waals surface area contributed by atoms with Gasteiger partial charge in [0, 0.05) is 6.20 Å². The first kappa shape index (κ1) is 13.4. The molecule has 1 heterocycles. The maximum Gasteiger partial charge on any atom is 0.326 e. The fourth-order valence-electron chi connectivity index (χ4n) is 1.22. The second-order valence-corrected chi connectivity index (χ2v) is 3.40. The molecule has 8 heteroatoms. The first-order valence-corrected chi connectivity index (χ1v) is 4.87. The molecule has 1 aromatic heterocycles. The lowest BCUT2D eigenvalue weighted by Crippen LogP contribution is -2.42. The molecule has 8 nitrogen and oxygen atoms in total. The number of nitrogens with one attached hydrogen (secondary N) is 1. The Hall–Kier alpha value is -2.64. The van der Waals surface area contributed by atoms with Crippen LogP contribution in [0.3, 0.4) is 0 Å². The van der Waals surface area contributed by atoms with E-state index < -0.39 is 30.3 Å². The summed E-state index contributed by atoms with van der Waals surface area (Å²) in [4.78, 5) is 36.6. The van der Waals surface area contributed by atoms with Gasteiger partial charge in [0.25, 0.3) is 5.91 Å². The number of carboxylic acids is 2. The van der Waals surface area contributed by atoms with Crippen LogP contribution in [0.1, 0.15) is 16.8 Å². The lowest BCUT2D eigenvalue weighted by atomic mass is 10.1. The first-order valence-electron chi connectivity index (χ1n) is 4.87. The van der Waals surface area contributed by atoms with E-state index in [2.05, 4.69) is 10.3 Å². The monoisotopic (exact) mass is 253 g/mol. The number of hydrogen-bond donors (Lipinski definition) is 4.